The number of thioether (sulfide) groups is 1. The van der Waals surface area contributed by atoms with Crippen molar-refractivity contribution in [2.24, 2.45) is 0 Å². The largest absolute Gasteiger partial charge is 0.451 e. The maximum atomic E-state index is 13.1. The van der Waals surface area contributed by atoms with Crippen molar-refractivity contribution in [3.8, 4) is 0 Å². The summed E-state index contributed by atoms with van der Waals surface area (Å²) in [5, 5.41) is 3.48. The molecule has 1 aromatic heterocycles. The maximum absolute atomic E-state index is 13.1. The minimum Gasteiger partial charge on any atom is -0.325 e. The predicted octanol–water partition coefficient (Wildman–Crippen LogP) is 5.89. The van der Waals surface area contributed by atoms with Crippen molar-refractivity contribution < 1.29 is 18.0 Å². The van der Waals surface area contributed by atoms with Crippen LogP contribution in [0.3, 0.4) is 0 Å². The molecular weight excluding hydrogens is 399 g/mol. The molecule has 0 aliphatic rings. The standard InChI is InChI=1S/C21H20F3N3OS/c1-3-13(2)14-8-4-6-10-16(14)25-18(28)12-29-19-15-9-5-7-11-17(15)26-20(27-19)21(22,23)24/h4-11,13H,3,12H2,1-2H3,(H,25,28)/t13-/m1/s1. The number of amides is 1. The van der Waals surface area contributed by atoms with Crippen molar-refractivity contribution in [2.75, 3.05) is 11.1 Å². The van der Waals surface area contributed by atoms with Gasteiger partial charge >= 0.3 is 6.18 Å². The minimum atomic E-state index is -4.66. The molecule has 0 saturated carbocycles. The molecule has 3 rings (SSSR count). The van der Waals surface area contributed by atoms with Gasteiger partial charge in [0.25, 0.3) is 0 Å². The Labute approximate surface area is 170 Å². The summed E-state index contributed by atoms with van der Waals surface area (Å²) in [5.41, 5.74) is 1.94. The summed E-state index contributed by atoms with van der Waals surface area (Å²) in [7, 11) is 0. The molecule has 1 atom stereocenters. The van der Waals surface area contributed by atoms with E-state index in [4.69, 9.17) is 0 Å². The Balaban J connectivity index is 1.80. The van der Waals surface area contributed by atoms with Gasteiger partial charge in [-0.15, -0.1) is 0 Å². The molecule has 0 fully saturated rings. The van der Waals surface area contributed by atoms with Crippen LogP contribution >= 0.6 is 11.8 Å². The Morgan fingerprint density at radius 1 is 1.10 bits per heavy atom. The van der Waals surface area contributed by atoms with Crippen LogP contribution < -0.4 is 5.32 Å². The molecule has 0 aliphatic carbocycles. The number of fused-ring (bicyclic) bond motifs is 1. The molecule has 1 heterocycles. The van der Waals surface area contributed by atoms with Gasteiger partial charge in [-0.2, -0.15) is 13.2 Å². The van der Waals surface area contributed by atoms with E-state index in [0.29, 0.717) is 5.39 Å². The second-order valence-electron chi connectivity index (χ2n) is 6.60. The molecule has 0 saturated heterocycles. The topological polar surface area (TPSA) is 54.9 Å². The van der Waals surface area contributed by atoms with Crippen LogP contribution in [0.15, 0.2) is 53.6 Å². The van der Waals surface area contributed by atoms with Gasteiger partial charge in [-0.1, -0.05) is 62.0 Å². The average Bonchev–Trinajstić information content (AvgIpc) is 2.71. The Bertz CT molecular complexity index is 1020. The van der Waals surface area contributed by atoms with Crippen LogP contribution in [0.25, 0.3) is 10.9 Å². The highest BCUT2D eigenvalue weighted by Gasteiger charge is 2.35. The second-order valence-corrected chi connectivity index (χ2v) is 7.56. The Kier molecular flexibility index (Phi) is 6.42. The van der Waals surface area contributed by atoms with E-state index in [2.05, 4.69) is 29.1 Å². The van der Waals surface area contributed by atoms with Gasteiger partial charge in [0.15, 0.2) is 0 Å². The molecule has 8 heteroatoms. The lowest BCUT2D eigenvalue weighted by molar-refractivity contribution is -0.145. The number of benzene rings is 2. The van der Waals surface area contributed by atoms with E-state index in [1.807, 2.05) is 24.3 Å². The van der Waals surface area contributed by atoms with Crippen LogP contribution in [0.2, 0.25) is 0 Å². The van der Waals surface area contributed by atoms with Crippen LogP contribution in [0.4, 0.5) is 18.9 Å². The van der Waals surface area contributed by atoms with E-state index in [-0.39, 0.29) is 28.1 Å². The summed E-state index contributed by atoms with van der Waals surface area (Å²) >= 11 is 0.964. The molecule has 0 radical (unpaired) electrons. The Morgan fingerprint density at radius 2 is 1.79 bits per heavy atom. The quantitative estimate of drug-likeness (QED) is 0.400. The SMILES string of the molecule is CC[C@@H](C)c1ccccc1NC(=O)CSc1nc(C(F)(F)F)nc2ccccc12. The van der Waals surface area contributed by atoms with E-state index < -0.39 is 12.0 Å². The number of rotatable bonds is 6. The first-order chi connectivity index (χ1) is 13.8. The lowest BCUT2D eigenvalue weighted by atomic mass is 9.97. The zero-order valence-corrected chi connectivity index (χ0v) is 16.8. The number of aromatic nitrogens is 2. The summed E-state index contributed by atoms with van der Waals surface area (Å²) in [6.07, 6.45) is -3.73. The maximum Gasteiger partial charge on any atom is 0.451 e. The Morgan fingerprint density at radius 3 is 2.52 bits per heavy atom. The number of carbonyl (C=O) groups is 1. The lowest BCUT2D eigenvalue weighted by Crippen LogP contribution is -2.16. The van der Waals surface area contributed by atoms with Gasteiger partial charge < -0.3 is 5.32 Å². The predicted molar refractivity (Wildman–Crippen MR) is 109 cm³/mol. The minimum absolute atomic E-state index is 0.0624. The van der Waals surface area contributed by atoms with Gasteiger partial charge in [-0.3, -0.25) is 4.79 Å². The molecule has 1 N–H and O–H groups in total. The van der Waals surface area contributed by atoms with Gasteiger partial charge in [0.1, 0.15) is 5.03 Å². The molecule has 4 nitrogen and oxygen atoms in total. The highest BCUT2D eigenvalue weighted by molar-refractivity contribution is 8.00. The number of halogens is 3. The third-order valence-electron chi connectivity index (χ3n) is 4.54. The summed E-state index contributed by atoms with van der Waals surface area (Å²) in [6.45, 7) is 4.14. The first-order valence-electron chi connectivity index (χ1n) is 9.15. The molecule has 152 valence electrons. The molecule has 3 aromatic rings. The fourth-order valence-electron chi connectivity index (χ4n) is 2.86. The van der Waals surface area contributed by atoms with Crippen molar-refractivity contribution in [1.82, 2.24) is 9.97 Å². The zero-order valence-electron chi connectivity index (χ0n) is 16.0. The van der Waals surface area contributed by atoms with Crippen LogP contribution in [-0.2, 0) is 11.0 Å². The van der Waals surface area contributed by atoms with Crippen LogP contribution in [-0.4, -0.2) is 21.6 Å². The number of nitrogens with one attached hydrogen (secondary N) is 1. The van der Waals surface area contributed by atoms with E-state index in [9.17, 15) is 18.0 Å². The number of alkyl halides is 3. The number of hydrogen-bond donors (Lipinski definition) is 1. The normalized spacial score (nSPS) is 12.7. The molecule has 0 unspecified atom stereocenters. The van der Waals surface area contributed by atoms with Gasteiger partial charge in [0, 0.05) is 11.1 Å². The first kappa shape index (κ1) is 21.1. The molecule has 2 aromatic carbocycles. The third kappa shape index (κ3) is 5.06. The molecule has 29 heavy (non-hydrogen) atoms. The van der Waals surface area contributed by atoms with E-state index in [1.54, 1.807) is 18.2 Å². The van der Waals surface area contributed by atoms with Crippen molar-refractivity contribution in [3.05, 3.63) is 59.9 Å². The highest BCUT2D eigenvalue weighted by Crippen LogP contribution is 2.32. The summed E-state index contributed by atoms with van der Waals surface area (Å²) in [6, 6.07) is 14.0. The molecule has 0 spiro atoms. The number of anilines is 1. The van der Waals surface area contributed by atoms with Gasteiger partial charge in [0.2, 0.25) is 11.7 Å². The smallest absolute Gasteiger partial charge is 0.325 e. The van der Waals surface area contributed by atoms with Crippen molar-refractivity contribution in [3.63, 3.8) is 0 Å². The lowest BCUT2D eigenvalue weighted by Gasteiger charge is -2.15. The zero-order chi connectivity index (χ0) is 21.0. The number of nitrogens with zero attached hydrogens (tertiary/aromatic N) is 2. The average molecular weight is 419 g/mol. The van der Waals surface area contributed by atoms with Crippen LogP contribution in [0, 0.1) is 0 Å². The van der Waals surface area contributed by atoms with Gasteiger partial charge in [-0.25, -0.2) is 9.97 Å². The third-order valence-corrected chi connectivity index (χ3v) is 5.53. The Hall–Kier alpha value is -2.61. The van der Waals surface area contributed by atoms with Gasteiger partial charge in [-0.05, 0) is 30.0 Å². The molecular formula is C21H20F3N3OS. The van der Waals surface area contributed by atoms with Crippen LogP contribution in [0.5, 0.6) is 0 Å². The fourth-order valence-corrected chi connectivity index (χ4v) is 3.68. The van der Waals surface area contributed by atoms with Crippen molar-refractivity contribution in [1.29, 1.82) is 0 Å². The van der Waals surface area contributed by atoms with Crippen LogP contribution in [0.1, 0.15) is 37.6 Å². The van der Waals surface area contributed by atoms with Crippen molar-refractivity contribution >= 4 is 34.3 Å². The number of carbonyl (C=O) groups excluding carboxylic acids is 1. The molecule has 1 amide bonds. The summed E-state index contributed by atoms with van der Waals surface area (Å²) in [5.74, 6) is -1.30. The first-order valence-corrected chi connectivity index (χ1v) is 10.1. The number of hydrogen-bond acceptors (Lipinski definition) is 4. The monoisotopic (exact) mass is 419 g/mol. The van der Waals surface area contributed by atoms with E-state index >= 15 is 0 Å². The van der Waals surface area contributed by atoms with Crippen molar-refractivity contribution in [2.45, 2.75) is 37.4 Å². The fraction of sp³-hybridized carbons (Fsp3) is 0.286. The molecule has 0 bridgehead atoms. The van der Waals surface area contributed by atoms with E-state index in [1.165, 1.54) is 6.07 Å². The highest BCUT2D eigenvalue weighted by atomic mass is 32.2. The summed E-state index contributed by atoms with van der Waals surface area (Å²) in [4.78, 5) is 19.7. The van der Waals surface area contributed by atoms with Gasteiger partial charge in [0.05, 0.1) is 11.3 Å². The summed E-state index contributed by atoms with van der Waals surface area (Å²) < 4.78 is 39.4. The molecule has 0 aliphatic heterocycles. The number of para-hydroxylation sites is 2. The second kappa shape index (κ2) is 8.82. The van der Waals surface area contributed by atoms with E-state index in [0.717, 1.165) is 29.4 Å².